The van der Waals surface area contributed by atoms with Crippen molar-refractivity contribution in [2.45, 2.75) is 32.7 Å². The minimum absolute atomic E-state index is 0.574. The summed E-state index contributed by atoms with van der Waals surface area (Å²) in [5.74, 6) is 1.62. The zero-order valence-electron chi connectivity index (χ0n) is 10.8. The predicted molar refractivity (Wildman–Crippen MR) is 69.0 cm³/mol. The average Bonchev–Trinajstić information content (AvgIpc) is 2.31. The van der Waals surface area contributed by atoms with Crippen LogP contribution in [0.1, 0.15) is 25.8 Å². The van der Waals surface area contributed by atoms with Gasteiger partial charge in [-0.1, -0.05) is 32.0 Å². The molecule has 0 radical (unpaired) electrons. The van der Waals surface area contributed by atoms with Crippen LogP contribution in [0.4, 0.5) is 0 Å². The molecule has 1 aromatic rings. The highest BCUT2D eigenvalue weighted by Gasteiger charge is 2.15. The van der Waals surface area contributed by atoms with Crippen molar-refractivity contribution in [3.63, 3.8) is 0 Å². The first-order valence-electron chi connectivity index (χ1n) is 6.02. The molecule has 1 N–H and O–H groups in total. The third-order valence-electron chi connectivity index (χ3n) is 3.23. The molecule has 0 aliphatic heterocycles. The van der Waals surface area contributed by atoms with Gasteiger partial charge in [0.25, 0.3) is 0 Å². The van der Waals surface area contributed by atoms with Gasteiger partial charge in [0.2, 0.25) is 0 Å². The summed E-state index contributed by atoms with van der Waals surface area (Å²) in [6, 6.07) is 8.85. The van der Waals surface area contributed by atoms with Crippen molar-refractivity contribution in [2.75, 3.05) is 14.2 Å². The fourth-order valence-corrected chi connectivity index (χ4v) is 2.25. The fraction of sp³-hybridized carbons (Fsp3) is 0.571. The van der Waals surface area contributed by atoms with E-state index in [0.717, 1.165) is 18.6 Å². The van der Waals surface area contributed by atoms with Crippen molar-refractivity contribution in [1.82, 2.24) is 5.32 Å². The SMILES string of the molecule is CCC(NC)C(C)Cc1ccccc1OC. The normalized spacial score (nSPS) is 14.5. The molecule has 90 valence electrons. The highest BCUT2D eigenvalue weighted by Crippen LogP contribution is 2.22. The van der Waals surface area contributed by atoms with Gasteiger partial charge in [0.1, 0.15) is 5.75 Å². The Morgan fingerprint density at radius 2 is 2.00 bits per heavy atom. The summed E-state index contributed by atoms with van der Waals surface area (Å²) in [5.41, 5.74) is 1.30. The lowest BCUT2D eigenvalue weighted by Crippen LogP contribution is -2.32. The van der Waals surface area contributed by atoms with E-state index >= 15 is 0 Å². The molecule has 0 amide bonds. The Kier molecular flexibility index (Phi) is 5.33. The van der Waals surface area contributed by atoms with Gasteiger partial charge < -0.3 is 10.1 Å². The first-order chi connectivity index (χ1) is 7.72. The highest BCUT2D eigenvalue weighted by molar-refractivity contribution is 5.33. The second kappa shape index (κ2) is 6.54. The van der Waals surface area contributed by atoms with E-state index in [-0.39, 0.29) is 0 Å². The van der Waals surface area contributed by atoms with Gasteiger partial charge in [-0.2, -0.15) is 0 Å². The van der Waals surface area contributed by atoms with E-state index in [1.807, 2.05) is 19.2 Å². The maximum atomic E-state index is 5.37. The quantitative estimate of drug-likeness (QED) is 0.797. The van der Waals surface area contributed by atoms with Crippen LogP contribution in [0.3, 0.4) is 0 Å². The Morgan fingerprint density at radius 1 is 1.31 bits per heavy atom. The third kappa shape index (κ3) is 3.24. The molecule has 0 spiro atoms. The van der Waals surface area contributed by atoms with Crippen LogP contribution in [-0.2, 0) is 6.42 Å². The zero-order valence-corrected chi connectivity index (χ0v) is 10.8. The molecule has 1 rings (SSSR count). The topological polar surface area (TPSA) is 21.3 Å². The van der Waals surface area contributed by atoms with E-state index in [0.29, 0.717) is 12.0 Å². The van der Waals surface area contributed by atoms with Crippen LogP contribution in [0.2, 0.25) is 0 Å². The van der Waals surface area contributed by atoms with E-state index in [9.17, 15) is 0 Å². The number of nitrogens with one attached hydrogen (secondary N) is 1. The van der Waals surface area contributed by atoms with Crippen LogP contribution in [0.15, 0.2) is 24.3 Å². The smallest absolute Gasteiger partial charge is 0.122 e. The van der Waals surface area contributed by atoms with E-state index in [1.54, 1.807) is 7.11 Å². The van der Waals surface area contributed by atoms with Gasteiger partial charge in [0.15, 0.2) is 0 Å². The monoisotopic (exact) mass is 221 g/mol. The number of rotatable bonds is 6. The molecule has 0 heterocycles. The lowest BCUT2D eigenvalue weighted by molar-refractivity contribution is 0.372. The van der Waals surface area contributed by atoms with Crippen LogP contribution < -0.4 is 10.1 Å². The summed E-state index contributed by atoms with van der Waals surface area (Å²) in [6.45, 7) is 4.51. The molecule has 2 atom stereocenters. The van der Waals surface area contributed by atoms with E-state index in [1.165, 1.54) is 5.56 Å². The largest absolute Gasteiger partial charge is 0.496 e. The van der Waals surface area contributed by atoms with Gasteiger partial charge in [-0.05, 0) is 37.4 Å². The number of methoxy groups -OCH3 is 1. The molecular weight excluding hydrogens is 198 g/mol. The number of benzene rings is 1. The van der Waals surface area contributed by atoms with Crippen molar-refractivity contribution in [3.8, 4) is 5.75 Å². The Labute approximate surface area is 99.0 Å². The molecule has 2 heteroatoms. The second-order valence-electron chi connectivity index (χ2n) is 4.30. The summed E-state index contributed by atoms with van der Waals surface area (Å²) < 4.78 is 5.37. The molecule has 0 aliphatic rings. The first-order valence-corrected chi connectivity index (χ1v) is 6.02. The Bertz CT molecular complexity index is 307. The van der Waals surface area contributed by atoms with Crippen molar-refractivity contribution >= 4 is 0 Å². The summed E-state index contributed by atoms with van der Waals surface area (Å²) in [7, 11) is 3.77. The van der Waals surface area contributed by atoms with Crippen LogP contribution in [0.25, 0.3) is 0 Å². The van der Waals surface area contributed by atoms with Crippen molar-refractivity contribution in [3.05, 3.63) is 29.8 Å². The van der Waals surface area contributed by atoms with Crippen molar-refractivity contribution in [2.24, 2.45) is 5.92 Å². The summed E-state index contributed by atoms with van der Waals surface area (Å²) in [6.07, 6.45) is 2.22. The molecule has 0 aromatic heterocycles. The maximum absolute atomic E-state index is 5.37. The minimum atomic E-state index is 0.574. The molecule has 0 aliphatic carbocycles. The zero-order chi connectivity index (χ0) is 12.0. The Balaban J connectivity index is 2.71. The number of hydrogen-bond acceptors (Lipinski definition) is 2. The standard InChI is InChI=1S/C14H23NO/c1-5-13(15-3)11(2)10-12-8-6-7-9-14(12)16-4/h6-9,11,13,15H,5,10H2,1-4H3. The van der Waals surface area contributed by atoms with Crippen LogP contribution in [0.5, 0.6) is 5.75 Å². The number of para-hydroxylation sites is 1. The number of ether oxygens (including phenoxy) is 1. The Hall–Kier alpha value is -1.02. The van der Waals surface area contributed by atoms with Gasteiger partial charge in [0, 0.05) is 6.04 Å². The maximum Gasteiger partial charge on any atom is 0.122 e. The van der Waals surface area contributed by atoms with Crippen molar-refractivity contribution in [1.29, 1.82) is 0 Å². The molecule has 1 aromatic carbocycles. The highest BCUT2D eigenvalue weighted by atomic mass is 16.5. The minimum Gasteiger partial charge on any atom is -0.496 e. The average molecular weight is 221 g/mol. The van der Waals surface area contributed by atoms with E-state index < -0.39 is 0 Å². The molecule has 0 bridgehead atoms. The lowest BCUT2D eigenvalue weighted by Gasteiger charge is -2.22. The van der Waals surface area contributed by atoms with Crippen LogP contribution in [0, 0.1) is 5.92 Å². The molecule has 16 heavy (non-hydrogen) atoms. The predicted octanol–water partition coefficient (Wildman–Crippen LogP) is 2.87. The van der Waals surface area contributed by atoms with Gasteiger partial charge in [0.05, 0.1) is 7.11 Å². The van der Waals surface area contributed by atoms with Crippen LogP contribution >= 0.6 is 0 Å². The van der Waals surface area contributed by atoms with Gasteiger partial charge in [-0.3, -0.25) is 0 Å². The first kappa shape index (κ1) is 13.0. The number of hydrogen-bond donors (Lipinski definition) is 1. The third-order valence-corrected chi connectivity index (χ3v) is 3.23. The van der Waals surface area contributed by atoms with Crippen molar-refractivity contribution < 1.29 is 4.74 Å². The molecule has 0 saturated carbocycles. The van der Waals surface area contributed by atoms with Crippen LogP contribution in [-0.4, -0.2) is 20.2 Å². The summed E-state index contributed by atoms with van der Waals surface area (Å²) in [5, 5.41) is 3.37. The molecular formula is C14H23NO. The van der Waals surface area contributed by atoms with Gasteiger partial charge >= 0.3 is 0 Å². The molecule has 2 nitrogen and oxygen atoms in total. The second-order valence-corrected chi connectivity index (χ2v) is 4.30. The lowest BCUT2D eigenvalue weighted by atomic mass is 9.92. The Morgan fingerprint density at radius 3 is 2.56 bits per heavy atom. The summed E-state index contributed by atoms with van der Waals surface area (Å²) >= 11 is 0. The van der Waals surface area contributed by atoms with Gasteiger partial charge in [-0.15, -0.1) is 0 Å². The van der Waals surface area contributed by atoms with E-state index in [2.05, 4.69) is 31.3 Å². The van der Waals surface area contributed by atoms with E-state index in [4.69, 9.17) is 4.74 Å². The fourth-order valence-electron chi connectivity index (χ4n) is 2.25. The molecule has 2 unspecified atom stereocenters. The summed E-state index contributed by atoms with van der Waals surface area (Å²) in [4.78, 5) is 0. The molecule has 0 saturated heterocycles. The molecule has 0 fully saturated rings. The van der Waals surface area contributed by atoms with Gasteiger partial charge in [-0.25, -0.2) is 0 Å².